The van der Waals surface area contributed by atoms with Gasteiger partial charge in [-0.3, -0.25) is 9.69 Å². The van der Waals surface area contributed by atoms with Crippen molar-refractivity contribution < 1.29 is 18.7 Å². The number of alkyl halides is 1. The van der Waals surface area contributed by atoms with Crippen molar-refractivity contribution >= 4 is 11.9 Å². The lowest BCUT2D eigenvalue weighted by molar-refractivity contribution is -0.142. The smallest absolute Gasteiger partial charge is 0.336 e. The van der Waals surface area contributed by atoms with Gasteiger partial charge in [0.15, 0.2) is 5.82 Å². The van der Waals surface area contributed by atoms with Crippen molar-refractivity contribution in [3.8, 4) is 5.82 Å². The number of aromatic nitrogens is 6. The first-order chi connectivity index (χ1) is 15.9. The number of amides is 1. The predicted molar refractivity (Wildman–Crippen MR) is 112 cm³/mol. The van der Waals surface area contributed by atoms with Crippen LogP contribution in [0.3, 0.4) is 0 Å². The molecule has 2 aromatic heterocycles. The molecule has 2 fully saturated rings. The fourth-order valence-electron chi connectivity index (χ4n) is 4.91. The highest BCUT2D eigenvalue weighted by Crippen LogP contribution is 2.45. The summed E-state index contributed by atoms with van der Waals surface area (Å²) in [6, 6.07) is 1.86. The van der Waals surface area contributed by atoms with Crippen LogP contribution in [0.4, 0.5) is 4.39 Å². The predicted octanol–water partition coefficient (Wildman–Crippen LogP) is 0.397. The number of piperidine rings is 1. The molecule has 2 aromatic rings. The number of hydrogen-bond donors (Lipinski definition) is 0. The molecule has 3 aliphatic rings. The molecule has 1 spiro atoms. The number of cyclic esters (lactones) is 1. The molecule has 0 radical (unpaired) electrons. The molecule has 5 rings (SSSR count). The second-order valence-electron chi connectivity index (χ2n) is 8.87. The van der Waals surface area contributed by atoms with Crippen LogP contribution in [-0.4, -0.2) is 91.0 Å². The molecule has 12 heteroatoms. The molecule has 2 atom stereocenters. The van der Waals surface area contributed by atoms with E-state index in [0.717, 1.165) is 11.3 Å². The number of carbonyl (C=O) groups excluding carboxylic acids is 2. The van der Waals surface area contributed by atoms with Gasteiger partial charge in [-0.1, -0.05) is 0 Å². The van der Waals surface area contributed by atoms with Crippen LogP contribution >= 0.6 is 0 Å². The van der Waals surface area contributed by atoms with E-state index in [9.17, 15) is 9.59 Å². The Hall–Kier alpha value is -3.28. The number of likely N-dealkylation sites (tertiary alicyclic amines) is 2. The minimum absolute atomic E-state index is 0.0855. The summed E-state index contributed by atoms with van der Waals surface area (Å²) in [6.45, 7) is 5.55. The zero-order valence-electron chi connectivity index (χ0n) is 18.6. The fourth-order valence-corrected chi connectivity index (χ4v) is 4.91. The maximum absolute atomic E-state index is 15.4. The zero-order valence-corrected chi connectivity index (χ0v) is 18.6. The van der Waals surface area contributed by atoms with Crippen LogP contribution in [0.2, 0.25) is 0 Å². The van der Waals surface area contributed by atoms with E-state index in [1.165, 1.54) is 11.0 Å². The van der Waals surface area contributed by atoms with Crippen LogP contribution in [0.5, 0.6) is 0 Å². The molecule has 33 heavy (non-hydrogen) atoms. The number of aryl methyl sites for hydroxylation is 1. The standard InChI is InChI=1S/C21H25FN8O3/c1-13-9-18(30-12-23-26-27-30)25-24-15(13)3-6-28-7-4-21(17(22)10-28)5-8-29(20(21)32)16-11-33-19(31)14(16)2/h9,12,17H,3-8,10-11H2,1-2H3. The first-order valence-electron chi connectivity index (χ1n) is 11.0. The van der Waals surface area contributed by atoms with Gasteiger partial charge in [0.05, 0.1) is 22.4 Å². The molecule has 174 valence electrons. The minimum atomic E-state index is -1.27. The molecule has 11 nitrogen and oxygen atoms in total. The Bertz CT molecular complexity index is 1120. The number of nitrogens with zero attached hydrogens (tertiary/aromatic N) is 8. The first kappa shape index (κ1) is 21.6. The van der Waals surface area contributed by atoms with Gasteiger partial charge >= 0.3 is 5.97 Å². The number of halogens is 1. The Morgan fingerprint density at radius 3 is 2.70 bits per heavy atom. The van der Waals surface area contributed by atoms with E-state index in [1.54, 1.807) is 11.8 Å². The molecular weight excluding hydrogens is 431 g/mol. The van der Waals surface area contributed by atoms with Gasteiger partial charge < -0.3 is 9.64 Å². The van der Waals surface area contributed by atoms with Crippen molar-refractivity contribution in [2.24, 2.45) is 5.41 Å². The van der Waals surface area contributed by atoms with Gasteiger partial charge in [-0.25, -0.2) is 9.18 Å². The van der Waals surface area contributed by atoms with E-state index in [4.69, 9.17) is 4.74 Å². The van der Waals surface area contributed by atoms with Crippen molar-refractivity contribution in [1.29, 1.82) is 0 Å². The van der Waals surface area contributed by atoms with Gasteiger partial charge in [-0.15, -0.1) is 10.2 Å². The molecule has 1 amide bonds. The second-order valence-corrected chi connectivity index (χ2v) is 8.87. The summed E-state index contributed by atoms with van der Waals surface area (Å²) in [6.07, 6.45) is 1.72. The highest BCUT2D eigenvalue weighted by molar-refractivity contribution is 5.94. The maximum atomic E-state index is 15.4. The summed E-state index contributed by atoms with van der Waals surface area (Å²) < 4.78 is 21.9. The Labute approximate surface area is 189 Å². The third-order valence-electron chi connectivity index (χ3n) is 7.07. The second kappa shape index (κ2) is 8.25. The summed E-state index contributed by atoms with van der Waals surface area (Å²) >= 11 is 0. The number of tetrazole rings is 1. The highest BCUT2D eigenvalue weighted by Gasteiger charge is 2.55. The summed E-state index contributed by atoms with van der Waals surface area (Å²) in [4.78, 5) is 28.5. The number of rotatable bonds is 5. The van der Waals surface area contributed by atoms with Crippen molar-refractivity contribution in [1.82, 2.24) is 40.2 Å². The monoisotopic (exact) mass is 456 g/mol. The Kier molecular flexibility index (Phi) is 5.39. The lowest BCUT2D eigenvalue weighted by Crippen LogP contribution is -2.53. The number of esters is 1. The van der Waals surface area contributed by atoms with Crippen LogP contribution < -0.4 is 0 Å². The molecule has 2 saturated heterocycles. The van der Waals surface area contributed by atoms with Gasteiger partial charge in [-0.2, -0.15) is 9.78 Å². The van der Waals surface area contributed by atoms with Crippen molar-refractivity contribution in [3.63, 3.8) is 0 Å². The van der Waals surface area contributed by atoms with Gasteiger partial charge in [-0.05, 0) is 55.3 Å². The van der Waals surface area contributed by atoms with E-state index < -0.39 is 17.6 Å². The Balaban J connectivity index is 1.21. The van der Waals surface area contributed by atoms with E-state index in [1.807, 2.05) is 17.9 Å². The van der Waals surface area contributed by atoms with Gasteiger partial charge in [0.2, 0.25) is 5.91 Å². The van der Waals surface area contributed by atoms with Gasteiger partial charge in [0.25, 0.3) is 0 Å². The molecule has 0 bridgehead atoms. The summed E-state index contributed by atoms with van der Waals surface area (Å²) in [5, 5.41) is 19.5. The third-order valence-corrected chi connectivity index (χ3v) is 7.07. The molecule has 3 aliphatic heterocycles. The van der Waals surface area contributed by atoms with Gasteiger partial charge in [0, 0.05) is 26.1 Å². The van der Waals surface area contributed by atoms with Crippen LogP contribution in [0.15, 0.2) is 23.7 Å². The summed E-state index contributed by atoms with van der Waals surface area (Å²) in [7, 11) is 0. The van der Waals surface area contributed by atoms with Crippen LogP contribution in [0, 0.1) is 12.3 Å². The molecule has 0 aromatic carbocycles. The number of hydrogen-bond acceptors (Lipinski definition) is 9. The summed E-state index contributed by atoms with van der Waals surface area (Å²) in [5.41, 5.74) is 1.79. The lowest BCUT2D eigenvalue weighted by Gasteiger charge is -2.40. The fraction of sp³-hybridized carbons (Fsp3) is 0.571. The van der Waals surface area contributed by atoms with Gasteiger partial charge in [0.1, 0.15) is 19.1 Å². The van der Waals surface area contributed by atoms with Crippen LogP contribution in [0.1, 0.15) is 31.0 Å². The number of carbonyl (C=O) groups is 2. The van der Waals surface area contributed by atoms with Crippen LogP contribution in [0.25, 0.3) is 5.82 Å². The molecule has 0 aliphatic carbocycles. The zero-order chi connectivity index (χ0) is 23.2. The topological polar surface area (TPSA) is 119 Å². The van der Waals surface area contributed by atoms with Crippen molar-refractivity contribution in [2.75, 3.05) is 32.8 Å². The number of ether oxygens (including phenoxy) is 1. The third kappa shape index (κ3) is 3.67. The van der Waals surface area contributed by atoms with E-state index in [2.05, 4.69) is 25.7 Å². The average Bonchev–Trinajstić information content (AvgIpc) is 3.52. The molecule has 2 unspecified atom stereocenters. The van der Waals surface area contributed by atoms with Crippen molar-refractivity contribution in [2.45, 2.75) is 39.3 Å². The average molecular weight is 456 g/mol. The molecular formula is C21H25FN8O3. The first-order valence-corrected chi connectivity index (χ1v) is 11.0. The Morgan fingerprint density at radius 2 is 2.03 bits per heavy atom. The normalized spacial score (nSPS) is 26.0. The highest BCUT2D eigenvalue weighted by atomic mass is 19.1. The SMILES string of the molecule is CC1=C(N2CCC3(CCN(CCc4nnc(-n5cnnn5)cc4C)CC3F)C2=O)COC1=O. The molecule has 0 N–H and O–H groups in total. The minimum Gasteiger partial charge on any atom is -0.456 e. The molecule has 0 saturated carbocycles. The van der Waals surface area contributed by atoms with E-state index >= 15 is 4.39 Å². The van der Waals surface area contributed by atoms with Crippen LogP contribution in [-0.2, 0) is 20.7 Å². The largest absolute Gasteiger partial charge is 0.456 e. The quantitative estimate of drug-likeness (QED) is 0.589. The summed E-state index contributed by atoms with van der Waals surface area (Å²) in [5.74, 6) is -0.0917. The van der Waals surface area contributed by atoms with Crippen molar-refractivity contribution in [3.05, 3.63) is 34.9 Å². The molecule has 5 heterocycles. The lowest BCUT2D eigenvalue weighted by atomic mass is 9.75. The Morgan fingerprint density at radius 1 is 1.21 bits per heavy atom. The maximum Gasteiger partial charge on any atom is 0.336 e. The van der Waals surface area contributed by atoms with E-state index in [-0.39, 0.29) is 19.1 Å². The van der Waals surface area contributed by atoms with E-state index in [0.29, 0.717) is 56.0 Å².